The first-order valence-corrected chi connectivity index (χ1v) is 4.83. The summed E-state index contributed by atoms with van der Waals surface area (Å²) in [5, 5.41) is 0. The summed E-state index contributed by atoms with van der Waals surface area (Å²) in [6.45, 7) is 0.749. The standard InChI is InChI=1S/C11H12N4/c1-2-5-14-10(3-1)7-12-6-4-11-8-13-9-15-11/h1-3,5,7-9H,4,6H2,(H,13,15). The molecule has 1 N–H and O–H groups in total. The van der Waals surface area contributed by atoms with Crippen molar-refractivity contribution in [2.75, 3.05) is 6.54 Å². The van der Waals surface area contributed by atoms with Gasteiger partial charge in [0.05, 0.1) is 12.0 Å². The van der Waals surface area contributed by atoms with Crippen LogP contribution in [0.3, 0.4) is 0 Å². The van der Waals surface area contributed by atoms with Gasteiger partial charge in [0.2, 0.25) is 0 Å². The molecule has 4 nitrogen and oxygen atoms in total. The number of nitrogens with zero attached hydrogens (tertiary/aromatic N) is 3. The van der Waals surface area contributed by atoms with Crippen molar-refractivity contribution >= 4 is 6.21 Å². The Kier molecular flexibility index (Phi) is 3.22. The van der Waals surface area contributed by atoms with E-state index in [1.165, 1.54) is 0 Å². The van der Waals surface area contributed by atoms with Gasteiger partial charge in [-0.3, -0.25) is 9.98 Å². The van der Waals surface area contributed by atoms with Gasteiger partial charge in [0.15, 0.2) is 0 Å². The second-order valence-electron chi connectivity index (χ2n) is 3.12. The van der Waals surface area contributed by atoms with Gasteiger partial charge in [-0.05, 0) is 12.1 Å². The monoisotopic (exact) mass is 200 g/mol. The van der Waals surface area contributed by atoms with Gasteiger partial charge >= 0.3 is 0 Å². The van der Waals surface area contributed by atoms with Crippen LogP contribution in [-0.4, -0.2) is 27.7 Å². The number of imidazole rings is 1. The minimum absolute atomic E-state index is 0.749. The molecule has 76 valence electrons. The van der Waals surface area contributed by atoms with Crippen LogP contribution in [0, 0.1) is 0 Å². The van der Waals surface area contributed by atoms with Crippen LogP contribution in [0.5, 0.6) is 0 Å². The fraction of sp³-hybridized carbons (Fsp3) is 0.182. The largest absolute Gasteiger partial charge is 0.348 e. The summed E-state index contributed by atoms with van der Waals surface area (Å²) in [6, 6.07) is 5.77. The van der Waals surface area contributed by atoms with Crippen molar-refractivity contribution in [3.8, 4) is 0 Å². The smallest absolute Gasteiger partial charge is 0.0921 e. The molecular formula is C11H12N4. The molecule has 15 heavy (non-hydrogen) atoms. The van der Waals surface area contributed by atoms with Crippen LogP contribution in [0.1, 0.15) is 11.4 Å². The highest BCUT2D eigenvalue weighted by atomic mass is 14.9. The Morgan fingerprint density at radius 3 is 3.13 bits per heavy atom. The zero-order valence-electron chi connectivity index (χ0n) is 8.30. The van der Waals surface area contributed by atoms with E-state index >= 15 is 0 Å². The van der Waals surface area contributed by atoms with E-state index in [0.717, 1.165) is 24.4 Å². The van der Waals surface area contributed by atoms with E-state index in [1.54, 1.807) is 18.7 Å². The molecule has 2 heterocycles. The number of pyridine rings is 1. The number of rotatable bonds is 4. The molecule has 0 aliphatic rings. The van der Waals surface area contributed by atoms with Crippen molar-refractivity contribution in [1.82, 2.24) is 15.0 Å². The molecule has 0 aliphatic heterocycles. The minimum Gasteiger partial charge on any atom is -0.348 e. The van der Waals surface area contributed by atoms with E-state index in [1.807, 2.05) is 24.4 Å². The molecule has 0 saturated carbocycles. The summed E-state index contributed by atoms with van der Waals surface area (Å²) in [4.78, 5) is 15.4. The van der Waals surface area contributed by atoms with E-state index in [0.29, 0.717) is 0 Å². The second-order valence-corrected chi connectivity index (χ2v) is 3.12. The van der Waals surface area contributed by atoms with E-state index in [-0.39, 0.29) is 0 Å². The molecule has 0 fully saturated rings. The highest BCUT2D eigenvalue weighted by Gasteiger charge is 1.91. The van der Waals surface area contributed by atoms with Crippen molar-refractivity contribution < 1.29 is 0 Å². The van der Waals surface area contributed by atoms with Gasteiger partial charge < -0.3 is 4.98 Å². The fourth-order valence-electron chi connectivity index (χ4n) is 1.22. The van der Waals surface area contributed by atoms with Crippen molar-refractivity contribution in [3.05, 3.63) is 48.3 Å². The Labute approximate surface area is 88.1 Å². The lowest BCUT2D eigenvalue weighted by Crippen LogP contribution is -1.91. The third kappa shape index (κ3) is 3.02. The van der Waals surface area contributed by atoms with Gasteiger partial charge in [-0.1, -0.05) is 6.07 Å². The quantitative estimate of drug-likeness (QED) is 0.760. The number of hydrogen-bond donors (Lipinski definition) is 1. The molecule has 2 aromatic rings. The number of nitrogens with one attached hydrogen (secondary N) is 1. The topological polar surface area (TPSA) is 53.9 Å². The van der Waals surface area contributed by atoms with E-state index in [2.05, 4.69) is 19.9 Å². The first kappa shape index (κ1) is 9.58. The number of aromatic nitrogens is 3. The van der Waals surface area contributed by atoms with Crippen LogP contribution in [0.2, 0.25) is 0 Å². The zero-order valence-corrected chi connectivity index (χ0v) is 8.30. The third-order valence-electron chi connectivity index (χ3n) is 1.98. The predicted molar refractivity (Wildman–Crippen MR) is 59.0 cm³/mol. The average Bonchev–Trinajstić information content (AvgIpc) is 2.79. The third-order valence-corrected chi connectivity index (χ3v) is 1.98. The van der Waals surface area contributed by atoms with E-state index in [4.69, 9.17) is 0 Å². The molecule has 0 amide bonds. The van der Waals surface area contributed by atoms with Crippen molar-refractivity contribution in [3.63, 3.8) is 0 Å². The lowest BCUT2D eigenvalue weighted by molar-refractivity contribution is 0.938. The minimum atomic E-state index is 0.749. The van der Waals surface area contributed by atoms with Crippen LogP contribution in [0.4, 0.5) is 0 Å². The summed E-state index contributed by atoms with van der Waals surface area (Å²) in [5.41, 5.74) is 2.00. The highest BCUT2D eigenvalue weighted by molar-refractivity contribution is 5.76. The van der Waals surface area contributed by atoms with Crippen molar-refractivity contribution in [1.29, 1.82) is 0 Å². The summed E-state index contributed by atoms with van der Waals surface area (Å²) < 4.78 is 0. The Morgan fingerprint density at radius 2 is 2.40 bits per heavy atom. The number of H-pyrrole nitrogens is 1. The van der Waals surface area contributed by atoms with Crippen LogP contribution < -0.4 is 0 Å². The molecule has 2 aromatic heterocycles. The molecule has 0 spiro atoms. The van der Waals surface area contributed by atoms with Gasteiger partial charge in [-0.25, -0.2) is 4.98 Å². The summed E-state index contributed by atoms with van der Waals surface area (Å²) in [6.07, 6.45) is 7.92. The predicted octanol–water partition coefficient (Wildman–Crippen LogP) is 1.47. The van der Waals surface area contributed by atoms with Crippen LogP contribution in [0.15, 0.2) is 41.9 Å². The molecule has 4 heteroatoms. The Balaban J connectivity index is 1.81. The van der Waals surface area contributed by atoms with Crippen LogP contribution in [-0.2, 0) is 6.42 Å². The number of hydrogen-bond acceptors (Lipinski definition) is 3. The fourth-order valence-corrected chi connectivity index (χ4v) is 1.22. The molecule has 0 atom stereocenters. The normalized spacial score (nSPS) is 10.9. The second kappa shape index (κ2) is 5.05. The van der Waals surface area contributed by atoms with Crippen LogP contribution in [0.25, 0.3) is 0 Å². The van der Waals surface area contributed by atoms with E-state index < -0.39 is 0 Å². The molecule has 0 unspecified atom stereocenters. The summed E-state index contributed by atoms with van der Waals surface area (Å²) in [7, 11) is 0. The lowest BCUT2D eigenvalue weighted by atomic mass is 10.3. The van der Waals surface area contributed by atoms with Gasteiger partial charge in [0, 0.05) is 37.3 Å². The highest BCUT2D eigenvalue weighted by Crippen LogP contribution is 1.93. The van der Waals surface area contributed by atoms with Gasteiger partial charge in [0.1, 0.15) is 0 Å². The lowest BCUT2D eigenvalue weighted by Gasteiger charge is -1.92. The maximum atomic E-state index is 4.28. The number of aliphatic imine (C=N–C) groups is 1. The SMILES string of the molecule is C(=NCCc1cnc[nH]1)c1ccccn1. The molecule has 0 saturated heterocycles. The summed E-state index contributed by atoms with van der Waals surface area (Å²) in [5.74, 6) is 0. The number of aromatic amines is 1. The molecule has 0 radical (unpaired) electrons. The zero-order chi connectivity index (χ0) is 10.3. The maximum absolute atomic E-state index is 4.28. The van der Waals surface area contributed by atoms with E-state index in [9.17, 15) is 0 Å². The Morgan fingerprint density at radius 1 is 1.40 bits per heavy atom. The van der Waals surface area contributed by atoms with Gasteiger partial charge in [-0.2, -0.15) is 0 Å². The van der Waals surface area contributed by atoms with Crippen molar-refractivity contribution in [2.45, 2.75) is 6.42 Å². The molecule has 2 rings (SSSR count). The maximum Gasteiger partial charge on any atom is 0.0921 e. The first-order valence-electron chi connectivity index (χ1n) is 4.83. The van der Waals surface area contributed by atoms with Gasteiger partial charge in [0.25, 0.3) is 0 Å². The first-order chi connectivity index (χ1) is 7.45. The van der Waals surface area contributed by atoms with Gasteiger partial charge in [-0.15, -0.1) is 0 Å². The Bertz CT molecular complexity index is 405. The molecular weight excluding hydrogens is 188 g/mol. The summed E-state index contributed by atoms with van der Waals surface area (Å²) >= 11 is 0. The van der Waals surface area contributed by atoms with Crippen molar-refractivity contribution in [2.24, 2.45) is 4.99 Å². The molecule has 0 aromatic carbocycles. The van der Waals surface area contributed by atoms with Crippen LogP contribution >= 0.6 is 0 Å². The Hall–Kier alpha value is -1.97. The molecule has 0 aliphatic carbocycles. The average molecular weight is 200 g/mol. The molecule has 0 bridgehead atoms.